The van der Waals surface area contributed by atoms with Crippen molar-refractivity contribution in [1.29, 1.82) is 0 Å². The number of carbonyl (C=O) groups excluding carboxylic acids is 3. The molecule has 8 aromatic heterocycles. The molecule has 30 nitrogen and oxygen atoms in total. The first-order chi connectivity index (χ1) is 67.0. The van der Waals surface area contributed by atoms with Crippen LogP contribution in [0.15, 0.2) is 293 Å². The van der Waals surface area contributed by atoms with Crippen LogP contribution >= 0.6 is 45.3 Å². The molecule has 37 heteroatoms. The number of esters is 2. The molecule has 10 aromatic carbocycles. The van der Waals surface area contributed by atoms with Crippen LogP contribution in [0.1, 0.15) is 124 Å². The molecule has 0 spiro atoms. The molecular formula is C104H109N10NaO20S6. The predicted octanol–water partition coefficient (Wildman–Crippen LogP) is 16.2. The molecule has 0 bridgehead atoms. The van der Waals surface area contributed by atoms with Crippen molar-refractivity contribution in [2.24, 2.45) is 5.14 Å². The van der Waals surface area contributed by atoms with E-state index in [0.717, 1.165) is 59.9 Å². The van der Waals surface area contributed by atoms with Gasteiger partial charge in [-0.25, -0.2) is 50.7 Å². The number of thiophene rings is 4. The van der Waals surface area contributed by atoms with Crippen LogP contribution in [0, 0.1) is 27.7 Å². The number of aromatic amines is 1. The third kappa shape index (κ3) is 26.2. The number of nitrogens with one attached hydrogen (secondary N) is 2. The van der Waals surface area contributed by atoms with Crippen molar-refractivity contribution in [2.45, 2.75) is 143 Å². The van der Waals surface area contributed by atoms with Crippen molar-refractivity contribution in [3.63, 3.8) is 0 Å². The number of carbonyl (C=O) groups is 4. The zero-order valence-corrected chi connectivity index (χ0v) is 86.6. The Morgan fingerprint density at radius 1 is 0.404 bits per heavy atom. The number of sulfonamides is 2. The van der Waals surface area contributed by atoms with Gasteiger partial charge in [-0.15, -0.1) is 45.3 Å². The fraction of sp³-hybridized carbons (Fsp3) is 0.250. The van der Waals surface area contributed by atoms with Gasteiger partial charge in [-0.2, -0.15) is 0 Å². The van der Waals surface area contributed by atoms with E-state index < -0.39 is 50.6 Å². The van der Waals surface area contributed by atoms with E-state index in [-0.39, 0.29) is 105 Å². The number of rotatable bonds is 31. The van der Waals surface area contributed by atoms with Crippen LogP contribution in [0.4, 0.5) is 0 Å². The molecule has 3 atom stereocenters. The maximum Gasteiger partial charge on any atom is 1.00 e. The van der Waals surface area contributed by atoms with Gasteiger partial charge in [0.05, 0.1) is 132 Å². The number of carboxylic acids is 1. The molecule has 0 fully saturated rings. The first-order valence-electron chi connectivity index (χ1n) is 45.0. The molecule has 18 aromatic rings. The predicted molar refractivity (Wildman–Crippen MR) is 553 cm³/mol. The van der Waals surface area contributed by atoms with Gasteiger partial charge in [-0.3, -0.25) is 46.4 Å². The molecule has 0 aliphatic carbocycles. The topological polar surface area (TPSA) is 399 Å². The van der Waals surface area contributed by atoms with Gasteiger partial charge in [0.25, 0.3) is 10.0 Å². The fourth-order valence-electron chi connectivity index (χ4n) is 16.5. The minimum Gasteiger partial charge on any atom is -0.870 e. The van der Waals surface area contributed by atoms with Crippen LogP contribution in [0.3, 0.4) is 0 Å². The van der Waals surface area contributed by atoms with Crippen molar-refractivity contribution < 1.29 is 105 Å². The van der Waals surface area contributed by atoms with E-state index in [9.17, 15) is 60.3 Å². The van der Waals surface area contributed by atoms with Gasteiger partial charge in [-0.1, -0.05) is 133 Å². The number of primary sulfonamides is 1. The third-order valence-electron chi connectivity index (χ3n) is 22.6. The van der Waals surface area contributed by atoms with Crippen LogP contribution in [0.25, 0.3) is 84.5 Å². The van der Waals surface area contributed by atoms with Gasteiger partial charge in [-0.05, 0) is 232 Å². The Morgan fingerprint density at radius 3 is 1.09 bits per heavy atom. The van der Waals surface area contributed by atoms with Crippen LogP contribution in [0.2, 0.25) is 0 Å². The Balaban J connectivity index is 0.000000170. The first kappa shape index (κ1) is 109. The minimum absolute atomic E-state index is 0. The molecule has 0 saturated heterocycles. The summed E-state index contributed by atoms with van der Waals surface area (Å²) in [5.74, 6) is -2.53. The second-order valence-electron chi connectivity index (χ2n) is 31.8. The van der Waals surface area contributed by atoms with Gasteiger partial charge in [0, 0.05) is 60.2 Å². The minimum atomic E-state index is -4.06. The Kier molecular flexibility index (Phi) is 39.0. The summed E-state index contributed by atoms with van der Waals surface area (Å²) in [6.07, 6.45) is -0.621. The molecule has 141 heavy (non-hydrogen) atoms. The SMILES string of the molecule is CCO/C=C/C(=O)OCC.CCOC(=O)CC(OCC)n1c(=O)n(Cc2csc3cccc(C)c23)c2ccccc21.CCOC(CC(=O)NS(=O)(=O)c1ccccc1)n1c(=O)n(Cc2csc3cccc(C)c23)c2ccccc21.CCOC(CC(=O)O)n1c(=O)n(Cc2csc3cccc(C)c23)c2ccccc21.Cc1cccc2scc(Cn3c(=O)[nH]c4ccccc43)c12.NS(=O)(=O)c1ccccc1.[Na+].[OH-]. The van der Waals surface area contributed by atoms with Crippen molar-refractivity contribution in [2.75, 3.05) is 39.6 Å². The van der Waals surface area contributed by atoms with Crippen LogP contribution in [-0.4, -0.2) is 128 Å². The number of ether oxygens (including phenoxy) is 6. The summed E-state index contributed by atoms with van der Waals surface area (Å²) in [4.78, 5) is 103. The van der Waals surface area contributed by atoms with Crippen LogP contribution in [0.5, 0.6) is 0 Å². The van der Waals surface area contributed by atoms with Gasteiger partial charge in [0.1, 0.15) is 18.7 Å². The third-order valence-corrected chi connectivity index (χ3v) is 28.9. The normalized spacial score (nSPS) is 12.0. The molecular weight excluding hydrogens is 1920 g/mol. The maximum absolute atomic E-state index is 13.8. The van der Waals surface area contributed by atoms with E-state index in [0.29, 0.717) is 75.8 Å². The number of aromatic nitrogens is 8. The molecule has 18 rings (SSSR count). The quantitative estimate of drug-likeness (QED) is 0.0136. The second-order valence-corrected chi connectivity index (χ2v) is 38.7. The molecule has 0 aliphatic rings. The molecule has 0 radical (unpaired) electrons. The molecule has 0 saturated carbocycles. The summed E-state index contributed by atoms with van der Waals surface area (Å²) in [6.45, 7) is 23.1. The second kappa shape index (κ2) is 50.6. The van der Waals surface area contributed by atoms with Crippen molar-refractivity contribution >= 4 is 174 Å². The number of hydrogen-bond donors (Lipinski definition) is 4. The zero-order valence-electron chi connectivity index (χ0n) is 79.7. The summed E-state index contributed by atoms with van der Waals surface area (Å²) in [7, 11) is -7.56. The number of nitrogens with two attached hydrogens (primary N) is 1. The Morgan fingerprint density at radius 2 is 0.738 bits per heavy atom. The summed E-state index contributed by atoms with van der Waals surface area (Å²) in [6, 6.07) is 70.7. The van der Waals surface area contributed by atoms with E-state index in [2.05, 4.69) is 124 Å². The van der Waals surface area contributed by atoms with Gasteiger partial charge >= 0.3 is 70.2 Å². The summed E-state index contributed by atoms with van der Waals surface area (Å²) in [5, 5.41) is 27.3. The van der Waals surface area contributed by atoms with E-state index in [1.807, 2.05) is 122 Å². The average molecular weight is 2030 g/mol. The van der Waals surface area contributed by atoms with E-state index in [1.165, 1.54) is 98.3 Å². The van der Waals surface area contributed by atoms with E-state index in [1.54, 1.807) is 134 Å². The standard InChI is InChI=1S/C28H27N3O5S2.C24H26N2O4S.C22H22N2O4S.C17H14N2OS.C7H12O3.C6H7NO2S.Na.H2O/c1-3-36-26(16-25(32)29-38(34,35)21-11-5-4-6-12-21)31-23-14-8-7-13-22(23)30(28(31)33)17-20-18-37-24-15-9-10-19(2)27(20)24;1-4-29-21(13-22(27)30-5-2)26-19-11-7-6-10-18(19)25(24(26)28)14-17-15-31-20-12-8-9-16(3)23(17)20;1-3-28-19(11-20(25)26)24-17-9-5-4-8-16(17)23(22(24)27)12-15-13-29-18-10-6-7-14(2)21(15)18;1-11-5-4-8-15-16(11)12(10-21-15)9-19-14-7-3-2-6-13(14)18-17(19)20;1-3-9-6-5-7(8)10-4-2;7-10(8,9)6-4-2-1-3-5-6;;/h4-15,18,26H,3,16-17H2,1-2H3,(H,29,32);6-12,15,21H,4-5,13-14H2,1-3H3;4-10,13,19H,3,11-12H2,1-2H3,(H,25,26);2-8,10H,9H2,1H3,(H,18,20);5-6H,3-4H2,1-2H3;1-5H,(H2,7,8,9);;1H2/q;;;;;;+1;/p-1/b;;;;6-5+;;;. The molecule has 0 aliphatic heterocycles. The van der Waals surface area contributed by atoms with E-state index in [4.69, 9.17) is 28.8 Å². The van der Waals surface area contributed by atoms with Gasteiger partial charge in [0.15, 0.2) is 0 Å². The zero-order chi connectivity index (χ0) is 99.2. The number of amides is 1. The fourth-order valence-corrected chi connectivity index (χ4v) is 22.2. The Hall–Kier alpha value is -12.8. The van der Waals surface area contributed by atoms with Gasteiger partial charge in [0.2, 0.25) is 15.9 Å². The molecule has 1 amide bonds. The average Bonchev–Trinajstić information content (AvgIpc) is 1.61. The summed E-state index contributed by atoms with van der Waals surface area (Å²) >= 11 is 6.72. The molecule has 3 unspecified atom stereocenters. The number of nitrogens with zero attached hydrogens (tertiary/aromatic N) is 7. The number of imidazole rings is 4. The first-order valence-corrected chi connectivity index (χ1v) is 51.5. The number of carboxylic acid groups (broad SMARTS) is 1. The summed E-state index contributed by atoms with van der Waals surface area (Å²) < 4.78 is 96.7. The van der Waals surface area contributed by atoms with Crippen molar-refractivity contribution in [3.05, 3.63) is 351 Å². The largest absolute Gasteiger partial charge is 1.00 e. The van der Waals surface area contributed by atoms with Crippen LogP contribution < -0.4 is 62.2 Å². The molecule has 732 valence electrons. The number of H-pyrrole nitrogens is 1. The van der Waals surface area contributed by atoms with Crippen molar-refractivity contribution in [3.8, 4) is 0 Å². The monoisotopic (exact) mass is 2030 g/mol. The van der Waals surface area contributed by atoms with Crippen LogP contribution in [-0.2, 0) is 93.8 Å². The molecule has 8 heterocycles. The number of benzene rings is 10. The number of aryl methyl sites for hydroxylation is 4. The number of hydrogen-bond acceptors (Lipinski definition) is 23. The smallest absolute Gasteiger partial charge is 0.870 e. The van der Waals surface area contributed by atoms with Crippen molar-refractivity contribution in [1.82, 2.24) is 41.7 Å². The maximum atomic E-state index is 13.8. The Bertz CT molecular complexity index is 7940. The Labute approximate surface area is 851 Å². The summed E-state index contributed by atoms with van der Waals surface area (Å²) in [5.41, 5.74) is 14.5. The number of para-hydroxylation sites is 8. The molecule has 6 N–H and O–H groups in total. The van der Waals surface area contributed by atoms with E-state index >= 15 is 0 Å². The number of fused-ring (bicyclic) bond motifs is 8. The van der Waals surface area contributed by atoms with Gasteiger partial charge < -0.3 is 44.0 Å². The number of aliphatic carboxylic acids is 1.